The topological polar surface area (TPSA) is 63.3 Å². The van der Waals surface area contributed by atoms with E-state index < -0.39 is 17.4 Å². The summed E-state index contributed by atoms with van der Waals surface area (Å²) in [6.45, 7) is 1.65. The summed E-state index contributed by atoms with van der Waals surface area (Å²) in [5, 5.41) is 13.6. The summed E-state index contributed by atoms with van der Waals surface area (Å²) in [5.74, 6) is -1.90. The molecule has 2 heterocycles. The van der Waals surface area contributed by atoms with Gasteiger partial charge in [-0.15, -0.1) is 0 Å². The van der Waals surface area contributed by atoms with Crippen molar-refractivity contribution in [3.63, 3.8) is 0 Å². The van der Waals surface area contributed by atoms with Gasteiger partial charge in [-0.3, -0.25) is 0 Å². The van der Waals surface area contributed by atoms with Gasteiger partial charge in [-0.1, -0.05) is 30.3 Å². The van der Waals surface area contributed by atoms with Gasteiger partial charge in [-0.25, -0.2) is 13.8 Å². The van der Waals surface area contributed by atoms with Crippen LogP contribution in [0.25, 0.3) is 28.2 Å². The third-order valence-electron chi connectivity index (χ3n) is 3.93. The van der Waals surface area contributed by atoms with Gasteiger partial charge in [0.15, 0.2) is 0 Å². The van der Waals surface area contributed by atoms with Crippen LogP contribution in [0.5, 0.6) is 5.75 Å². The molecular formula is C18H12F2N4O. The molecule has 0 aliphatic rings. The number of nitrogens with zero attached hydrogens (tertiary/aromatic N) is 4. The fourth-order valence-electron chi connectivity index (χ4n) is 2.91. The maximum Gasteiger partial charge on any atom is 0.252 e. The number of fused-ring (bicyclic) bond motifs is 1. The molecule has 0 aliphatic carbocycles. The smallest absolute Gasteiger partial charge is 0.252 e. The van der Waals surface area contributed by atoms with Gasteiger partial charge >= 0.3 is 0 Å². The van der Waals surface area contributed by atoms with Crippen LogP contribution in [0.3, 0.4) is 0 Å². The zero-order valence-corrected chi connectivity index (χ0v) is 13.1. The second kappa shape index (κ2) is 5.62. The van der Waals surface area contributed by atoms with Gasteiger partial charge in [0, 0.05) is 23.3 Å². The van der Waals surface area contributed by atoms with Crippen molar-refractivity contribution in [3.05, 3.63) is 66.1 Å². The number of phenols is 1. The van der Waals surface area contributed by atoms with E-state index >= 15 is 0 Å². The van der Waals surface area contributed by atoms with Crippen LogP contribution >= 0.6 is 0 Å². The van der Waals surface area contributed by atoms with Crippen molar-refractivity contribution >= 4 is 5.78 Å². The van der Waals surface area contributed by atoms with E-state index in [1.54, 1.807) is 6.92 Å². The third kappa shape index (κ3) is 2.40. The Morgan fingerprint density at radius 2 is 1.68 bits per heavy atom. The lowest BCUT2D eigenvalue weighted by molar-refractivity contribution is 0.461. The summed E-state index contributed by atoms with van der Waals surface area (Å²) < 4.78 is 30.5. The van der Waals surface area contributed by atoms with Crippen molar-refractivity contribution < 1.29 is 13.9 Å². The first-order valence-corrected chi connectivity index (χ1v) is 7.50. The molecule has 0 spiro atoms. The van der Waals surface area contributed by atoms with Crippen molar-refractivity contribution in [2.24, 2.45) is 0 Å². The summed E-state index contributed by atoms with van der Waals surface area (Å²) >= 11 is 0. The van der Waals surface area contributed by atoms with Gasteiger partial charge < -0.3 is 5.11 Å². The van der Waals surface area contributed by atoms with Crippen LogP contribution in [0, 0.1) is 18.6 Å². The highest BCUT2D eigenvalue weighted by molar-refractivity contribution is 5.84. The Morgan fingerprint density at radius 3 is 2.36 bits per heavy atom. The van der Waals surface area contributed by atoms with Gasteiger partial charge in [0.1, 0.15) is 23.7 Å². The number of aromatic hydroxyl groups is 1. The van der Waals surface area contributed by atoms with Gasteiger partial charge in [-0.05, 0) is 6.92 Å². The standard InChI is InChI=1S/C18H12F2N4O/c1-10-15(16-13(19)7-12(25)8-14(16)20)17(11-5-3-2-4-6-11)24-18(23-10)21-9-22-24/h2-9,25H,1H3. The largest absolute Gasteiger partial charge is 0.508 e. The molecule has 0 radical (unpaired) electrons. The summed E-state index contributed by atoms with van der Waals surface area (Å²) in [7, 11) is 0. The van der Waals surface area contributed by atoms with Crippen molar-refractivity contribution in [1.29, 1.82) is 0 Å². The molecule has 0 fully saturated rings. The molecule has 0 unspecified atom stereocenters. The summed E-state index contributed by atoms with van der Waals surface area (Å²) in [6.07, 6.45) is 1.33. The normalized spacial score (nSPS) is 11.2. The van der Waals surface area contributed by atoms with E-state index in [9.17, 15) is 13.9 Å². The fraction of sp³-hybridized carbons (Fsp3) is 0.0556. The first-order chi connectivity index (χ1) is 12.1. The summed E-state index contributed by atoms with van der Waals surface area (Å²) in [4.78, 5) is 8.37. The summed E-state index contributed by atoms with van der Waals surface area (Å²) in [5.41, 5.74) is 1.59. The predicted octanol–water partition coefficient (Wildman–Crippen LogP) is 3.75. The molecule has 2 aromatic carbocycles. The summed E-state index contributed by atoms with van der Waals surface area (Å²) in [6, 6.07) is 10.9. The Bertz CT molecular complexity index is 1070. The van der Waals surface area contributed by atoms with Crippen LogP contribution in [0.2, 0.25) is 0 Å². The van der Waals surface area contributed by atoms with Crippen LogP contribution in [-0.2, 0) is 0 Å². The molecule has 0 bridgehead atoms. The maximum absolute atomic E-state index is 14.5. The number of aromatic nitrogens is 4. The van der Waals surface area contributed by atoms with E-state index in [-0.39, 0.29) is 11.1 Å². The lowest BCUT2D eigenvalue weighted by Crippen LogP contribution is -2.05. The van der Waals surface area contributed by atoms with E-state index in [1.807, 2.05) is 30.3 Å². The van der Waals surface area contributed by atoms with Crippen molar-refractivity contribution in [3.8, 4) is 28.1 Å². The van der Waals surface area contributed by atoms with E-state index in [1.165, 1.54) is 10.8 Å². The molecule has 1 N–H and O–H groups in total. The fourth-order valence-corrected chi connectivity index (χ4v) is 2.91. The second-order valence-electron chi connectivity index (χ2n) is 5.54. The number of halogens is 2. The highest BCUT2D eigenvalue weighted by Gasteiger charge is 2.23. The maximum atomic E-state index is 14.5. The van der Waals surface area contributed by atoms with Crippen LogP contribution < -0.4 is 0 Å². The number of rotatable bonds is 2. The van der Waals surface area contributed by atoms with E-state index in [2.05, 4.69) is 15.1 Å². The molecular weight excluding hydrogens is 326 g/mol. The lowest BCUT2D eigenvalue weighted by Gasteiger charge is -2.15. The SMILES string of the molecule is Cc1nc2ncnn2c(-c2ccccc2)c1-c1c(F)cc(O)cc1F. The molecule has 4 aromatic rings. The minimum Gasteiger partial charge on any atom is -0.508 e. The predicted molar refractivity (Wildman–Crippen MR) is 88.0 cm³/mol. The number of aryl methyl sites for hydroxylation is 1. The molecule has 25 heavy (non-hydrogen) atoms. The van der Waals surface area contributed by atoms with Gasteiger partial charge in [0.05, 0.1) is 17.0 Å². The quantitative estimate of drug-likeness (QED) is 0.605. The first kappa shape index (κ1) is 15.2. The van der Waals surface area contributed by atoms with E-state index in [0.29, 0.717) is 22.7 Å². The molecule has 0 saturated heterocycles. The molecule has 0 amide bonds. The molecule has 124 valence electrons. The monoisotopic (exact) mass is 338 g/mol. The highest BCUT2D eigenvalue weighted by atomic mass is 19.1. The van der Waals surface area contributed by atoms with Gasteiger partial charge in [0.25, 0.3) is 5.78 Å². The van der Waals surface area contributed by atoms with E-state index in [4.69, 9.17) is 0 Å². The average molecular weight is 338 g/mol. The van der Waals surface area contributed by atoms with Crippen LogP contribution in [0.1, 0.15) is 5.69 Å². The Kier molecular flexibility index (Phi) is 3.42. The zero-order chi connectivity index (χ0) is 17.6. The van der Waals surface area contributed by atoms with Crippen molar-refractivity contribution in [2.75, 3.05) is 0 Å². The Hall–Kier alpha value is -3.35. The molecule has 7 heteroatoms. The van der Waals surface area contributed by atoms with Crippen molar-refractivity contribution in [2.45, 2.75) is 6.92 Å². The molecule has 0 atom stereocenters. The molecule has 0 aliphatic heterocycles. The molecule has 0 saturated carbocycles. The Labute approximate surface area is 141 Å². The lowest BCUT2D eigenvalue weighted by atomic mass is 9.97. The van der Waals surface area contributed by atoms with Gasteiger partial charge in [-0.2, -0.15) is 14.6 Å². The Balaban J connectivity index is 2.17. The minimum absolute atomic E-state index is 0.263. The number of benzene rings is 2. The second-order valence-corrected chi connectivity index (χ2v) is 5.54. The van der Waals surface area contributed by atoms with E-state index in [0.717, 1.165) is 12.1 Å². The Morgan fingerprint density at radius 1 is 1.00 bits per heavy atom. The molecule has 2 aromatic heterocycles. The highest BCUT2D eigenvalue weighted by Crippen LogP contribution is 2.38. The van der Waals surface area contributed by atoms with Crippen LogP contribution in [-0.4, -0.2) is 24.7 Å². The number of phenolic OH excluding ortho intramolecular Hbond substituents is 1. The third-order valence-corrected chi connectivity index (χ3v) is 3.93. The molecule has 5 nitrogen and oxygen atoms in total. The van der Waals surface area contributed by atoms with Crippen LogP contribution in [0.15, 0.2) is 48.8 Å². The zero-order valence-electron chi connectivity index (χ0n) is 13.1. The number of hydrogen-bond acceptors (Lipinski definition) is 4. The number of hydrogen-bond donors (Lipinski definition) is 1. The van der Waals surface area contributed by atoms with Gasteiger partial charge in [0.2, 0.25) is 0 Å². The average Bonchev–Trinajstić information content (AvgIpc) is 3.02. The van der Waals surface area contributed by atoms with Crippen LogP contribution in [0.4, 0.5) is 8.78 Å². The minimum atomic E-state index is -0.876. The molecule has 4 rings (SSSR count). The van der Waals surface area contributed by atoms with Crippen molar-refractivity contribution in [1.82, 2.24) is 19.6 Å². The first-order valence-electron chi connectivity index (χ1n) is 7.50.